The van der Waals surface area contributed by atoms with E-state index in [2.05, 4.69) is 0 Å². The predicted octanol–water partition coefficient (Wildman–Crippen LogP) is 5.55. The summed E-state index contributed by atoms with van der Waals surface area (Å²) < 4.78 is 5.67. The monoisotopic (exact) mass is 512 g/mol. The Kier molecular flexibility index (Phi) is 6.97. The summed E-state index contributed by atoms with van der Waals surface area (Å²) in [4.78, 5) is 40.8. The number of carbonyl (C=O) groups excluding carboxylic acids is 3. The number of halogens is 2. The number of thiocarbonyl (C=S) groups is 1. The van der Waals surface area contributed by atoms with E-state index in [-0.39, 0.29) is 28.9 Å². The molecule has 0 aliphatic carbocycles. The summed E-state index contributed by atoms with van der Waals surface area (Å²) in [7, 11) is 0. The maximum atomic E-state index is 13.3. The van der Waals surface area contributed by atoms with Gasteiger partial charge >= 0.3 is 0 Å². The van der Waals surface area contributed by atoms with Crippen molar-refractivity contribution in [3.8, 4) is 0 Å². The number of fused-ring (bicyclic) bond motifs is 1. The van der Waals surface area contributed by atoms with Crippen molar-refractivity contribution < 1.29 is 19.1 Å². The molecule has 6 nitrogen and oxygen atoms in total. The normalized spacial score (nSPS) is 12.5. The maximum Gasteiger partial charge on any atom is 0.271 e. The number of anilines is 1. The summed E-state index contributed by atoms with van der Waals surface area (Å²) in [6.07, 6.45) is 0. The van der Waals surface area contributed by atoms with Crippen LogP contribution < -0.4 is 4.90 Å². The van der Waals surface area contributed by atoms with Gasteiger partial charge in [-0.3, -0.25) is 19.3 Å². The number of benzene rings is 3. The molecule has 4 rings (SSSR count). The summed E-state index contributed by atoms with van der Waals surface area (Å²) >= 11 is 17.5. The number of rotatable bonds is 5. The van der Waals surface area contributed by atoms with Gasteiger partial charge < -0.3 is 4.74 Å². The zero-order chi connectivity index (χ0) is 24.4. The molecular weight excluding hydrogens is 495 g/mol. The second kappa shape index (κ2) is 9.93. The SMILES string of the molecule is Cc1ccc(N(C(=O)c2ccc(Cl)c(Cl)c2)C(=S)OCCN2C(=O)c3ccccc3C2=O)cc1. The molecule has 0 saturated carbocycles. The van der Waals surface area contributed by atoms with Crippen LogP contribution in [0.5, 0.6) is 0 Å². The Hall–Kier alpha value is -3.26. The Morgan fingerprint density at radius 3 is 2.15 bits per heavy atom. The van der Waals surface area contributed by atoms with Crippen LogP contribution in [0, 0.1) is 6.92 Å². The fourth-order valence-electron chi connectivity index (χ4n) is 3.49. The Morgan fingerprint density at radius 2 is 1.56 bits per heavy atom. The van der Waals surface area contributed by atoms with Crippen molar-refractivity contribution in [3.63, 3.8) is 0 Å². The minimum absolute atomic E-state index is 0.0187. The predicted molar refractivity (Wildman–Crippen MR) is 135 cm³/mol. The zero-order valence-electron chi connectivity index (χ0n) is 18.0. The lowest BCUT2D eigenvalue weighted by Crippen LogP contribution is -2.39. The molecule has 3 aromatic rings. The minimum Gasteiger partial charge on any atom is -0.468 e. The van der Waals surface area contributed by atoms with Gasteiger partial charge in [-0.25, -0.2) is 4.90 Å². The average Bonchev–Trinajstić information content (AvgIpc) is 3.07. The molecule has 0 aromatic heterocycles. The summed E-state index contributed by atoms with van der Waals surface area (Å²) in [6.45, 7) is 1.82. The molecular formula is C25H18Cl2N2O4S. The molecule has 1 aliphatic rings. The Labute approximate surface area is 211 Å². The molecule has 3 aromatic carbocycles. The summed E-state index contributed by atoms with van der Waals surface area (Å²) in [5.41, 5.74) is 2.47. The fourth-order valence-corrected chi connectivity index (χ4v) is 4.06. The van der Waals surface area contributed by atoms with Crippen LogP contribution in [0.1, 0.15) is 36.6 Å². The van der Waals surface area contributed by atoms with Crippen molar-refractivity contribution in [1.29, 1.82) is 0 Å². The second-order valence-electron chi connectivity index (χ2n) is 7.53. The fraction of sp³-hybridized carbons (Fsp3) is 0.120. The summed E-state index contributed by atoms with van der Waals surface area (Å²) in [5, 5.41) is 0.422. The van der Waals surface area contributed by atoms with Crippen molar-refractivity contribution in [1.82, 2.24) is 4.90 Å². The third kappa shape index (κ3) is 4.68. The first-order valence-electron chi connectivity index (χ1n) is 10.3. The first-order chi connectivity index (χ1) is 16.3. The average molecular weight is 513 g/mol. The maximum absolute atomic E-state index is 13.3. The van der Waals surface area contributed by atoms with Gasteiger partial charge in [0.05, 0.1) is 33.4 Å². The summed E-state index contributed by atoms with van der Waals surface area (Å²) in [5.74, 6) is -1.25. The van der Waals surface area contributed by atoms with Gasteiger partial charge in [0.25, 0.3) is 22.9 Å². The topological polar surface area (TPSA) is 66.9 Å². The van der Waals surface area contributed by atoms with E-state index in [0.29, 0.717) is 21.8 Å². The van der Waals surface area contributed by atoms with Crippen LogP contribution in [-0.2, 0) is 4.74 Å². The van der Waals surface area contributed by atoms with E-state index >= 15 is 0 Å². The highest BCUT2D eigenvalue weighted by Gasteiger charge is 2.35. The zero-order valence-corrected chi connectivity index (χ0v) is 20.3. The van der Waals surface area contributed by atoms with Crippen LogP contribution in [0.4, 0.5) is 5.69 Å². The van der Waals surface area contributed by atoms with Gasteiger partial charge in [0.2, 0.25) is 0 Å². The van der Waals surface area contributed by atoms with Crippen LogP contribution >= 0.6 is 35.4 Å². The third-order valence-corrected chi connectivity index (χ3v) is 6.30. The van der Waals surface area contributed by atoms with Gasteiger partial charge in [-0.1, -0.05) is 53.0 Å². The molecule has 1 heterocycles. The van der Waals surface area contributed by atoms with Gasteiger partial charge in [0.1, 0.15) is 6.61 Å². The van der Waals surface area contributed by atoms with Gasteiger partial charge in [-0.2, -0.15) is 0 Å². The first-order valence-corrected chi connectivity index (χ1v) is 11.4. The highest BCUT2D eigenvalue weighted by Crippen LogP contribution is 2.26. The van der Waals surface area contributed by atoms with Crippen LogP contribution in [0.2, 0.25) is 10.0 Å². The van der Waals surface area contributed by atoms with Gasteiger partial charge in [0, 0.05) is 5.56 Å². The van der Waals surface area contributed by atoms with Crippen molar-refractivity contribution in [2.24, 2.45) is 0 Å². The Balaban J connectivity index is 1.51. The quantitative estimate of drug-likeness (QED) is 0.331. The van der Waals surface area contributed by atoms with E-state index in [0.717, 1.165) is 10.5 Å². The number of imide groups is 1. The molecule has 0 atom stereocenters. The second-order valence-corrected chi connectivity index (χ2v) is 8.69. The van der Waals surface area contributed by atoms with Crippen LogP contribution in [0.15, 0.2) is 66.7 Å². The molecule has 0 bridgehead atoms. The number of hydrogen-bond donors (Lipinski definition) is 0. The van der Waals surface area contributed by atoms with E-state index in [9.17, 15) is 14.4 Å². The minimum atomic E-state index is -0.465. The largest absolute Gasteiger partial charge is 0.468 e. The molecule has 0 N–H and O–H groups in total. The molecule has 0 saturated heterocycles. The Bertz CT molecular complexity index is 1280. The van der Waals surface area contributed by atoms with E-state index in [1.807, 2.05) is 19.1 Å². The highest BCUT2D eigenvalue weighted by molar-refractivity contribution is 7.80. The van der Waals surface area contributed by atoms with E-state index in [4.69, 9.17) is 40.2 Å². The lowest BCUT2D eigenvalue weighted by molar-refractivity contribution is 0.0627. The molecule has 3 amide bonds. The Morgan fingerprint density at radius 1 is 0.941 bits per heavy atom. The van der Waals surface area contributed by atoms with E-state index < -0.39 is 17.7 Å². The lowest BCUT2D eigenvalue weighted by atomic mass is 10.1. The smallest absolute Gasteiger partial charge is 0.271 e. The molecule has 1 aliphatic heterocycles. The van der Waals surface area contributed by atoms with Crippen molar-refractivity contribution in [3.05, 3.63) is 99.0 Å². The number of hydrogen-bond acceptors (Lipinski definition) is 5. The molecule has 9 heteroatoms. The van der Waals surface area contributed by atoms with Crippen molar-refractivity contribution >= 4 is 64.0 Å². The molecule has 34 heavy (non-hydrogen) atoms. The van der Waals surface area contributed by atoms with Crippen LogP contribution in [-0.4, -0.2) is 40.9 Å². The number of carbonyl (C=O) groups is 3. The van der Waals surface area contributed by atoms with Gasteiger partial charge in [0.15, 0.2) is 0 Å². The number of amides is 3. The first kappa shape index (κ1) is 23.9. The van der Waals surface area contributed by atoms with Crippen molar-refractivity contribution in [2.75, 3.05) is 18.1 Å². The highest BCUT2D eigenvalue weighted by atomic mass is 35.5. The third-order valence-electron chi connectivity index (χ3n) is 5.26. The molecule has 0 radical (unpaired) electrons. The van der Waals surface area contributed by atoms with Crippen molar-refractivity contribution in [2.45, 2.75) is 6.92 Å². The standard InChI is InChI=1S/C25H18Cl2N2O4S/c1-15-6-9-17(10-7-15)29(22(30)16-8-11-20(26)21(27)14-16)25(34)33-13-12-28-23(31)18-4-2-3-5-19(18)24(28)32/h2-11,14H,12-13H2,1H3. The number of aryl methyl sites for hydroxylation is 1. The summed E-state index contributed by atoms with van der Waals surface area (Å²) in [6, 6.07) is 18.3. The molecule has 0 fully saturated rings. The van der Waals surface area contributed by atoms with E-state index in [1.54, 1.807) is 42.5 Å². The van der Waals surface area contributed by atoms with Gasteiger partial charge in [-0.05, 0) is 61.6 Å². The van der Waals surface area contributed by atoms with Crippen LogP contribution in [0.3, 0.4) is 0 Å². The van der Waals surface area contributed by atoms with Crippen LogP contribution in [0.25, 0.3) is 0 Å². The molecule has 172 valence electrons. The lowest BCUT2D eigenvalue weighted by Gasteiger charge is -2.24. The van der Waals surface area contributed by atoms with Gasteiger partial charge in [-0.15, -0.1) is 0 Å². The van der Waals surface area contributed by atoms with E-state index in [1.165, 1.54) is 17.0 Å². The number of nitrogens with zero attached hydrogens (tertiary/aromatic N) is 2. The number of ether oxygens (including phenoxy) is 1. The molecule has 0 spiro atoms. The molecule has 0 unspecified atom stereocenters.